The summed E-state index contributed by atoms with van der Waals surface area (Å²) >= 11 is 0. The van der Waals surface area contributed by atoms with E-state index in [9.17, 15) is 0 Å². The molecule has 0 amide bonds. The van der Waals surface area contributed by atoms with Crippen LogP contribution in [0.1, 0.15) is 37.9 Å². The van der Waals surface area contributed by atoms with Crippen LogP contribution >= 0.6 is 0 Å². The molecule has 3 heteroatoms. The van der Waals surface area contributed by atoms with Crippen molar-refractivity contribution < 1.29 is 9.47 Å². The molecule has 0 unspecified atom stereocenters. The van der Waals surface area contributed by atoms with Crippen molar-refractivity contribution in [1.29, 1.82) is 0 Å². The van der Waals surface area contributed by atoms with Gasteiger partial charge >= 0.3 is 0 Å². The van der Waals surface area contributed by atoms with Crippen molar-refractivity contribution in [2.75, 3.05) is 0 Å². The molecule has 0 radical (unpaired) electrons. The minimum Gasteiger partial charge on any atom is -0.483 e. The van der Waals surface area contributed by atoms with Crippen LogP contribution in [0.5, 0.6) is 17.2 Å². The molecule has 21 heavy (non-hydrogen) atoms. The van der Waals surface area contributed by atoms with E-state index in [1.54, 1.807) is 0 Å². The molecular weight excluding hydrogens is 262 g/mol. The summed E-state index contributed by atoms with van der Waals surface area (Å²) < 4.78 is 12.0. The molecular formula is C18H21NO2. The summed E-state index contributed by atoms with van der Waals surface area (Å²) in [4.78, 5) is 0. The Balaban J connectivity index is 1.85. The highest BCUT2D eigenvalue weighted by Crippen LogP contribution is 2.43. The first-order valence-corrected chi connectivity index (χ1v) is 7.29. The van der Waals surface area contributed by atoms with E-state index in [4.69, 9.17) is 15.2 Å². The van der Waals surface area contributed by atoms with E-state index < -0.39 is 0 Å². The van der Waals surface area contributed by atoms with E-state index in [0.717, 1.165) is 29.2 Å². The number of nitrogens with two attached hydrogens (primary N) is 1. The fourth-order valence-corrected chi connectivity index (χ4v) is 2.63. The molecule has 1 heterocycles. The second-order valence-corrected chi connectivity index (χ2v) is 6.24. The predicted molar refractivity (Wildman–Crippen MR) is 84.0 cm³/mol. The molecule has 0 fully saturated rings. The van der Waals surface area contributed by atoms with Gasteiger partial charge in [-0.2, -0.15) is 0 Å². The lowest BCUT2D eigenvalue weighted by Crippen LogP contribution is -2.24. The first-order valence-electron chi connectivity index (χ1n) is 7.29. The van der Waals surface area contributed by atoms with Crippen molar-refractivity contribution in [1.82, 2.24) is 0 Å². The molecule has 2 N–H and O–H groups in total. The van der Waals surface area contributed by atoms with Gasteiger partial charge in [-0.05, 0) is 44.5 Å². The molecule has 2 aromatic carbocycles. The van der Waals surface area contributed by atoms with Gasteiger partial charge < -0.3 is 15.2 Å². The van der Waals surface area contributed by atoms with E-state index in [1.807, 2.05) is 43.3 Å². The number of benzene rings is 2. The van der Waals surface area contributed by atoms with Gasteiger partial charge in [-0.25, -0.2) is 0 Å². The molecule has 1 aliphatic rings. The van der Waals surface area contributed by atoms with E-state index >= 15 is 0 Å². The zero-order chi connectivity index (χ0) is 15.0. The third-order valence-corrected chi connectivity index (χ3v) is 3.69. The number of fused-ring (bicyclic) bond motifs is 1. The van der Waals surface area contributed by atoms with Crippen molar-refractivity contribution in [2.24, 2.45) is 5.73 Å². The molecule has 3 nitrogen and oxygen atoms in total. The average Bonchev–Trinajstić information content (AvgIpc) is 2.74. The van der Waals surface area contributed by atoms with Crippen LogP contribution in [0.3, 0.4) is 0 Å². The fourth-order valence-electron chi connectivity index (χ4n) is 2.63. The lowest BCUT2D eigenvalue weighted by atomic mass is 10.0. The Morgan fingerprint density at radius 1 is 1.14 bits per heavy atom. The third kappa shape index (κ3) is 2.88. The minimum atomic E-state index is -0.166. The first kappa shape index (κ1) is 14.0. The van der Waals surface area contributed by atoms with Crippen molar-refractivity contribution in [3.8, 4) is 17.2 Å². The molecule has 1 atom stereocenters. The van der Waals surface area contributed by atoms with Gasteiger partial charge in [0.25, 0.3) is 0 Å². The van der Waals surface area contributed by atoms with Crippen LogP contribution in [0, 0.1) is 0 Å². The van der Waals surface area contributed by atoms with Gasteiger partial charge in [0.2, 0.25) is 0 Å². The monoisotopic (exact) mass is 283 g/mol. The SMILES string of the molecule is C[C@@H](N)c1ccc(Oc2cccc3c2OC(C)(C)C3)cc1. The zero-order valence-electron chi connectivity index (χ0n) is 12.7. The summed E-state index contributed by atoms with van der Waals surface area (Å²) in [7, 11) is 0. The normalized spacial score (nSPS) is 17.0. The quantitative estimate of drug-likeness (QED) is 0.917. The Morgan fingerprint density at radius 2 is 1.86 bits per heavy atom. The van der Waals surface area contributed by atoms with Crippen LogP contribution in [-0.2, 0) is 6.42 Å². The highest BCUT2D eigenvalue weighted by atomic mass is 16.5. The molecule has 1 aliphatic heterocycles. The zero-order valence-corrected chi connectivity index (χ0v) is 12.7. The second-order valence-electron chi connectivity index (χ2n) is 6.24. The van der Waals surface area contributed by atoms with Crippen LogP contribution in [0.2, 0.25) is 0 Å². The van der Waals surface area contributed by atoms with Crippen molar-refractivity contribution in [3.05, 3.63) is 53.6 Å². The lowest BCUT2D eigenvalue weighted by molar-refractivity contribution is 0.135. The maximum absolute atomic E-state index is 6.01. The molecule has 0 spiro atoms. The Morgan fingerprint density at radius 3 is 2.52 bits per heavy atom. The summed E-state index contributed by atoms with van der Waals surface area (Å²) in [6.07, 6.45) is 0.906. The van der Waals surface area contributed by atoms with Crippen LogP contribution in [0.15, 0.2) is 42.5 Å². The Bertz CT molecular complexity index is 645. The molecule has 0 saturated carbocycles. The molecule has 2 aromatic rings. The highest BCUT2D eigenvalue weighted by molar-refractivity contribution is 5.51. The van der Waals surface area contributed by atoms with E-state index in [-0.39, 0.29) is 11.6 Å². The topological polar surface area (TPSA) is 44.5 Å². The number of rotatable bonds is 3. The Hall–Kier alpha value is -2.00. The maximum Gasteiger partial charge on any atom is 0.169 e. The van der Waals surface area contributed by atoms with E-state index in [2.05, 4.69) is 19.9 Å². The van der Waals surface area contributed by atoms with E-state index in [1.165, 1.54) is 5.56 Å². The summed E-state index contributed by atoms with van der Waals surface area (Å²) in [5.74, 6) is 2.42. The van der Waals surface area contributed by atoms with Gasteiger partial charge in [0.05, 0.1) is 0 Å². The summed E-state index contributed by atoms with van der Waals surface area (Å²) in [5, 5.41) is 0. The van der Waals surface area contributed by atoms with E-state index in [0.29, 0.717) is 0 Å². The average molecular weight is 283 g/mol. The number of hydrogen-bond acceptors (Lipinski definition) is 3. The van der Waals surface area contributed by atoms with Crippen LogP contribution < -0.4 is 15.2 Å². The van der Waals surface area contributed by atoms with Gasteiger partial charge in [-0.3, -0.25) is 0 Å². The maximum atomic E-state index is 6.01. The smallest absolute Gasteiger partial charge is 0.169 e. The van der Waals surface area contributed by atoms with Crippen LogP contribution in [0.25, 0.3) is 0 Å². The first-order chi connectivity index (χ1) is 9.94. The summed E-state index contributed by atoms with van der Waals surface area (Å²) in [6, 6.07) is 14.0. The van der Waals surface area contributed by atoms with Crippen molar-refractivity contribution >= 4 is 0 Å². The van der Waals surface area contributed by atoms with Crippen molar-refractivity contribution in [2.45, 2.75) is 38.8 Å². The van der Waals surface area contributed by atoms with Crippen molar-refractivity contribution in [3.63, 3.8) is 0 Å². The second kappa shape index (κ2) is 5.08. The lowest BCUT2D eigenvalue weighted by Gasteiger charge is -2.18. The fraction of sp³-hybridized carbons (Fsp3) is 0.333. The van der Waals surface area contributed by atoms with Crippen LogP contribution in [0.4, 0.5) is 0 Å². The minimum absolute atomic E-state index is 0.0316. The molecule has 0 saturated heterocycles. The molecule has 3 rings (SSSR count). The summed E-state index contributed by atoms with van der Waals surface area (Å²) in [5.41, 5.74) is 7.99. The van der Waals surface area contributed by atoms with Gasteiger partial charge in [0.15, 0.2) is 11.5 Å². The standard InChI is InChI=1S/C18H21NO2/c1-12(19)13-7-9-15(10-8-13)20-16-6-4-5-14-11-18(2,3)21-17(14)16/h4-10,12H,11,19H2,1-3H3/t12-/m1/s1. The molecule has 110 valence electrons. The summed E-state index contributed by atoms with van der Waals surface area (Å²) in [6.45, 7) is 6.15. The molecule has 0 bridgehead atoms. The number of para-hydroxylation sites is 1. The van der Waals surface area contributed by atoms with Crippen LogP contribution in [-0.4, -0.2) is 5.60 Å². The molecule has 0 aromatic heterocycles. The third-order valence-electron chi connectivity index (χ3n) is 3.69. The van der Waals surface area contributed by atoms with Gasteiger partial charge in [-0.15, -0.1) is 0 Å². The number of ether oxygens (including phenoxy) is 2. The predicted octanol–water partition coefficient (Wildman–Crippen LogP) is 4.21. The van der Waals surface area contributed by atoms with Gasteiger partial charge in [0, 0.05) is 18.0 Å². The largest absolute Gasteiger partial charge is 0.483 e. The van der Waals surface area contributed by atoms with Gasteiger partial charge in [0.1, 0.15) is 11.4 Å². The molecule has 0 aliphatic carbocycles. The van der Waals surface area contributed by atoms with Gasteiger partial charge in [-0.1, -0.05) is 24.3 Å². The highest BCUT2D eigenvalue weighted by Gasteiger charge is 2.32. The number of hydrogen-bond donors (Lipinski definition) is 1. The Labute approximate surface area is 125 Å². The Kier molecular flexibility index (Phi) is 3.38.